The molecule has 0 bridgehead atoms. The number of amides is 1. The zero-order valence-electron chi connectivity index (χ0n) is 14.7. The molecule has 140 valence electrons. The lowest BCUT2D eigenvalue weighted by atomic mass is 10.0. The standard InChI is InChI=1S/C18H20Cl2N2O3S/c1-12(2)13-7-9-14(10-8-13)26(24,25)22(3)11-17(23)21-18-15(19)5-4-6-16(18)20/h4-10,12H,11H2,1-3H3,(H,21,23). The summed E-state index contributed by atoms with van der Waals surface area (Å²) >= 11 is 12.0. The number of sulfonamides is 1. The molecule has 1 amide bonds. The third-order valence-corrected chi connectivity index (χ3v) is 6.30. The van der Waals surface area contributed by atoms with Crippen LogP contribution < -0.4 is 5.32 Å². The molecule has 0 aromatic heterocycles. The Bertz CT molecular complexity index is 877. The van der Waals surface area contributed by atoms with Gasteiger partial charge in [0, 0.05) is 7.05 Å². The molecule has 0 aliphatic carbocycles. The van der Waals surface area contributed by atoms with Gasteiger partial charge < -0.3 is 5.32 Å². The molecule has 0 saturated carbocycles. The van der Waals surface area contributed by atoms with E-state index >= 15 is 0 Å². The lowest BCUT2D eigenvalue weighted by molar-refractivity contribution is -0.116. The van der Waals surface area contributed by atoms with Gasteiger partial charge in [0.2, 0.25) is 15.9 Å². The summed E-state index contributed by atoms with van der Waals surface area (Å²) in [7, 11) is -2.44. The largest absolute Gasteiger partial charge is 0.322 e. The van der Waals surface area contributed by atoms with Crippen molar-refractivity contribution in [3.63, 3.8) is 0 Å². The summed E-state index contributed by atoms with van der Waals surface area (Å²) in [6, 6.07) is 11.5. The molecule has 0 atom stereocenters. The SMILES string of the molecule is CC(C)c1ccc(S(=O)(=O)N(C)CC(=O)Nc2c(Cl)cccc2Cl)cc1. The van der Waals surface area contributed by atoms with Crippen LogP contribution in [0.1, 0.15) is 25.3 Å². The topological polar surface area (TPSA) is 66.5 Å². The van der Waals surface area contributed by atoms with Crippen molar-refractivity contribution < 1.29 is 13.2 Å². The number of nitrogens with zero attached hydrogens (tertiary/aromatic N) is 1. The van der Waals surface area contributed by atoms with Crippen LogP contribution in [0.4, 0.5) is 5.69 Å². The highest BCUT2D eigenvalue weighted by Crippen LogP contribution is 2.29. The molecule has 0 unspecified atom stereocenters. The van der Waals surface area contributed by atoms with E-state index in [4.69, 9.17) is 23.2 Å². The Morgan fingerprint density at radius 1 is 1.08 bits per heavy atom. The fraction of sp³-hybridized carbons (Fsp3) is 0.278. The Kier molecular flexibility index (Phi) is 6.69. The number of para-hydroxylation sites is 1. The molecule has 0 aliphatic heterocycles. The van der Waals surface area contributed by atoms with Crippen molar-refractivity contribution in [2.24, 2.45) is 0 Å². The number of carbonyl (C=O) groups is 1. The first-order valence-electron chi connectivity index (χ1n) is 7.93. The van der Waals surface area contributed by atoms with E-state index in [1.807, 2.05) is 13.8 Å². The first kappa shape index (κ1) is 20.7. The summed E-state index contributed by atoms with van der Waals surface area (Å²) in [6.07, 6.45) is 0. The molecule has 1 N–H and O–H groups in total. The number of hydrogen-bond acceptors (Lipinski definition) is 3. The van der Waals surface area contributed by atoms with E-state index in [1.54, 1.807) is 42.5 Å². The molecule has 26 heavy (non-hydrogen) atoms. The normalized spacial score (nSPS) is 11.8. The number of rotatable bonds is 6. The Balaban J connectivity index is 2.12. The van der Waals surface area contributed by atoms with Gasteiger partial charge in [-0.05, 0) is 35.7 Å². The molecular formula is C18H20Cl2N2O3S. The smallest absolute Gasteiger partial charge is 0.243 e. The molecular weight excluding hydrogens is 395 g/mol. The van der Waals surface area contributed by atoms with Gasteiger partial charge in [0.05, 0.1) is 27.2 Å². The van der Waals surface area contributed by atoms with Crippen LogP contribution in [0.5, 0.6) is 0 Å². The van der Waals surface area contributed by atoms with Crippen LogP contribution in [0.15, 0.2) is 47.4 Å². The molecule has 2 aromatic rings. The van der Waals surface area contributed by atoms with E-state index in [9.17, 15) is 13.2 Å². The Morgan fingerprint density at radius 2 is 1.62 bits per heavy atom. The van der Waals surface area contributed by atoms with Crippen LogP contribution in [0.25, 0.3) is 0 Å². The molecule has 8 heteroatoms. The quantitative estimate of drug-likeness (QED) is 0.762. The monoisotopic (exact) mass is 414 g/mol. The minimum atomic E-state index is -3.78. The molecule has 2 rings (SSSR count). The third kappa shape index (κ3) is 4.76. The maximum absolute atomic E-state index is 12.6. The molecule has 0 radical (unpaired) electrons. The Morgan fingerprint density at radius 3 is 2.12 bits per heavy atom. The van der Waals surface area contributed by atoms with Crippen LogP contribution in [0, 0.1) is 0 Å². The lowest BCUT2D eigenvalue weighted by Gasteiger charge is -2.18. The predicted molar refractivity (Wildman–Crippen MR) is 105 cm³/mol. The van der Waals surface area contributed by atoms with Crippen molar-refractivity contribution in [1.82, 2.24) is 4.31 Å². The van der Waals surface area contributed by atoms with Gasteiger partial charge in [0.15, 0.2) is 0 Å². The van der Waals surface area contributed by atoms with Crippen molar-refractivity contribution >= 4 is 44.8 Å². The van der Waals surface area contributed by atoms with Crippen molar-refractivity contribution in [2.45, 2.75) is 24.7 Å². The first-order chi connectivity index (χ1) is 12.1. The second-order valence-corrected chi connectivity index (χ2v) is 8.99. The van der Waals surface area contributed by atoms with E-state index in [-0.39, 0.29) is 27.2 Å². The number of carbonyl (C=O) groups excluding carboxylic acids is 1. The van der Waals surface area contributed by atoms with Gasteiger partial charge in [-0.3, -0.25) is 4.79 Å². The van der Waals surface area contributed by atoms with E-state index in [0.717, 1.165) is 9.87 Å². The van der Waals surface area contributed by atoms with Gasteiger partial charge in [-0.15, -0.1) is 0 Å². The van der Waals surface area contributed by atoms with Gasteiger partial charge in [0.1, 0.15) is 0 Å². The highest BCUT2D eigenvalue weighted by Gasteiger charge is 2.23. The van der Waals surface area contributed by atoms with Crippen LogP contribution in [-0.2, 0) is 14.8 Å². The maximum atomic E-state index is 12.6. The molecule has 0 heterocycles. The second kappa shape index (κ2) is 8.39. The number of hydrogen-bond donors (Lipinski definition) is 1. The van der Waals surface area contributed by atoms with Crippen LogP contribution in [0.2, 0.25) is 10.0 Å². The lowest BCUT2D eigenvalue weighted by Crippen LogP contribution is -2.35. The fourth-order valence-corrected chi connectivity index (χ4v) is 3.91. The maximum Gasteiger partial charge on any atom is 0.243 e. The number of nitrogens with one attached hydrogen (secondary N) is 1. The summed E-state index contributed by atoms with van der Waals surface area (Å²) in [5, 5.41) is 3.10. The zero-order chi connectivity index (χ0) is 19.5. The second-order valence-electron chi connectivity index (χ2n) is 6.13. The molecule has 0 fully saturated rings. The highest BCUT2D eigenvalue weighted by molar-refractivity contribution is 7.89. The third-order valence-electron chi connectivity index (χ3n) is 3.85. The number of benzene rings is 2. The van der Waals surface area contributed by atoms with Crippen LogP contribution >= 0.6 is 23.2 Å². The summed E-state index contributed by atoms with van der Waals surface area (Å²) in [5.41, 5.74) is 1.30. The minimum Gasteiger partial charge on any atom is -0.322 e. The predicted octanol–water partition coefficient (Wildman–Crippen LogP) is 4.38. The number of likely N-dealkylation sites (N-methyl/N-ethyl adjacent to an activating group) is 1. The Hall–Kier alpha value is -1.60. The van der Waals surface area contributed by atoms with Crippen LogP contribution in [0.3, 0.4) is 0 Å². The molecule has 5 nitrogen and oxygen atoms in total. The number of halogens is 2. The molecule has 2 aromatic carbocycles. The van der Waals surface area contributed by atoms with E-state index < -0.39 is 15.9 Å². The van der Waals surface area contributed by atoms with Crippen molar-refractivity contribution in [1.29, 1.82) is 0 Å². The van der Waals surface area contributed by atoms with Crippen LogP contribution in [-0.4, -0.2) is 32.2 Å². The van der Waals surface area contributed by atoms with Crippen molar-refractivity contribution in [3.8, 4) is 0 Å². The minimum absolute atomic E-state index is 0.132. The zero-order valence-corrected chi connectivity index (χ0v) is 17.0. The van der Waals surface area contributed by atoms with Gasteiger partial charge in [0.25, 0.3) is 0 Å². The van der Waals surface area contributed by atoms with Gasteiger partial charge >= 0.3 is 0 Å². The molecule has 0 spiro atoms. The van der Waals surface area contributed by atoms with Gasteiger partial charge in [-0.25, -0.2) is 8.42 Å². The van der Waals surface area contributed by atoms with E-state index in [2.05, 4.69) is 5.32 Å². The first-order valence-corrected chi connectivity index (χ1v) is 10.1. The summed E-state index contributed by atoms with van der Waals surface area (Å²) in [4.78, 5) is 12.3. The fourth-order valence-electron chi connectivity index (χ4n) is 2.29. The molecule has 0 aliphatic rings. The Labute approximate surface area is 164 Å². The van der Waals surface area contributed by atoms with Gasteiger partial charge in [-0.1, -0.05) is 55.2 Å². The highest BCUT2D eigenvalue weighted by atomic mass is 35.5. The van der Waals surface area contributed by atoms with Crippen molar-refractivity contribution in [2.75, 3.05) is 18.9 Å². The summed E-state index contributed by atoms with van der Waals surface area (Å²) < 4.78 is 26.2. The average molecular weight is 415 g/mol. The summed E-state index contributed by atoms with van der Waals surface area (Å²) in [6.45, 7) is 3.69. The van der Waals surface area contributed by atoms with E-state index in [0.29, 0.717) is 5.92 Å². The average Bonchev–Trinajstić information content (AvgIpc) is 2.58. The molecule has 0 saturated heterocycles. The number of anilines is 1. The van der Waals surface area contributed by atoms with Crippen molar-refractivity contribution in [3.05, 3.63) is 58.1 Å². The summed E-state index contributed by atoms with van der Waals surface area (Å²) in [5.74, 6) is -0.236. The van der Waals surface area contributed by atoms with E-state index in [1.165, 1.54) is 7.05 Å². The van der Waals surface area contributed by atoms with Gasteiger partial charge in [-0.2, -0.15) is 4.31 Å².